The first kappa shape index (κ1) is 18.3. The minimum absolute atomic E-state index is 0.137. The molecule has 1 aromatic rings. The molecule has 0 bridgehead atoms. The minimum atomic E-state index is -3.89. The number of rotatable bonds is 6. The monoisotopic (exact) mass is 396 g/mol. The Hall–Kier alpha value is -0.770. The van der Waals surface area contributed by atoms with E-state index < -0.39 is 26.7 Å². The van der Waals surface area contributed by atoms with E-state index in [0.717, 1.165) is 0 Å². The molecule has 6 nitrogen and oxygen atoms in total. The topological polar surface area (TPSA) is 106 Å². The van der Waals surface area contributed by atoms with Gasteiger partial charge in [-0.3, -0.25) is 9.00 Å². The van der Waals surface area contributed by atoms with Crippen LogP contribution >= 0.6 is 15.9 Å². The molecule has 1 unspecified atom stereocenters. The number of carbonyl (C=O) groups is 1. The fourth-order valence-corrected chi connectivity index (χ4v) is 3.37. The largest absolute Gasteiger partial charge is 0.351 e. The highest BCUT2D eigenvalue weighted by molar-refractivity contribution is 9.10. The molecule has 0 saturated heterocycles. The van der Waals surface area contributed by atoms with E-state index in [1.807, 2.05) is 0 Å². The van der Waals surface area contributed by atoms with Crippen LogP contribution in [0, 0.1) is 6.92 Å². The average Bonchev–Trinajstić information content (AvgIpc) is 2.39. The van der Waals surface area contributed by atoms with Gasteiger partial charge in [0.2, 0.25) is 10.0 Å². The second-order valence-corrected chi connectivity index (χ2v) is 8.59. The first-order valence-corrected chi connectivity index (χ1v) is 9.95. The van der Waals surface area contributed by atoms with Crippen LogP contribution in [0.2, 0.25) is 0 Å². The maximum Gasteiger partial charge on any atom is 0.251 e. The number of nitrogens with two attached hydrogens (primary N) is 1. The lowest BCUT2D eigenvalue weighted by molar-refractivity contribution is 0.0955. The summed E-state index contributed by atoms with van der Waals surface area (Å²) in [4.78, 5) is 12.0. The zero-order valence-corrected chi connectivity index (χ0v) is 14.9. The van der Waals surface area contributed by atoms with Crippen molar-refractivity contribution in [1.29, 1.82) is 0 Å². The molecule has 0 saturated carbocycles. The molecule has 0 aliphatic heterocycles. The molecule has 0 heterocycles. The van der Waals surface area contributed by atoms with Gasteiger partial charge in [-0.05, 0) is 24.6 Å². The van der Waals surface area contributed by atoms with Crippen LogP contribution in [0.4, 0.5) is 0 Å². The normalized spacial score (nSPS) is 13.0. The summed E-state index contributed by atoms with van der Waals surface area (Å²) in [5.74, 6) is 0.463. The molecule has 21 heavy (non-hydrogen) atoms. The van der Waals surface area contributed by atoms with E-state index in [2.05, 4.69) is 21.2 Å². The van der Waals surface area contributed by atoms with E-state index in [1.54, 1.807) is 13.8 Å². The molecule has 118 valence electrons. The number of sulfonamides is 1. The van der Waals surface area contributed by atoms with Gasteiger partial charge in [-0.15, -0.1) is 0 Å². The van der Waals surface area contributed by atoms with Gasteiger partial charge in [-0.2, -0.15) is 0 Å². The van der Waals surface area contributed by atoms with Crippen molar-refractivity contribution in [2.24, 2.45) is 5.14 Å². The van der Waals surface area contributed by atoms with E-state index in [0.29, 0.717) is 21.5 Å². The number of primary sulfonamides is 1. The zero-order valence-electron chi connectivity index (χ0n) is 11.7. The lowest BCUT2D eigenvalue weighted by atomic mass is 10.1. The van der Waals surface area contributed by atoms with Crippen molar-refractivity contribution in [3.05, 3.63) is 27.7 Å². The quantitative estimate of drug-likeness (QED) is 0.744. The predicted octanol–water partition coefficient (Wildman–Crippen LogP) is 0.903. The summed E-state index contributed by atoms with van der Waals surface area (Å²) in [5, 5.41) is 7.70. The summed E-state index contributed by atoms with van der Waals surface area (Å²) < 4.78 is 34.6. The van der Waals surface area contributed by atoms with Crippen LogP contribution in [0.25, 0.3) is 0 Å². The van der Waals surface area contributed by atoms with E-state index >= 15 is 0 Å². The van der Waals surface area contributed by atoms with Gasteiger partial charge in [0, 0.05) is 38.9 Å². The summed E-state index contributed by atoms with van der Waals surface area (Å²) in [7, 11) is -4.86. The fourth-order valence-electron chi connectivity index (χ4n) is 1.57. The Labute approximate surface area is 135 Å². The number of halogens is 1. The van der Waals surface area contributed by atoms with Gasteiger partial charge in [-0.25, -0.2) is 13.6 Å². The molecule has 0 fully saturated rings. The molecule has 0 aliphatic carbocycles. The second kappa shape index (κ2) is 7.48. The van der Waals surface area contributed by atoms with Crippen LogP contribution in [-0.4, -0.2) is 36.6 Å². The summed E-state index contributed by atoms with van der Waals surface area (Å²) in [5.41, 5.74) is 0.826. The van der Waals surface area contributed by atoms with Crippen molar-refractivity contribution < 1.29 is 17.4 Å². The van der Waals surface area contributed by atoms with Gasteiger partial charge in [0.05, 0.1) is 4.90 Å². The standard InChI is InChI=1S/C12H17BrN2O4S2/c1-3-20(17)5-4-15-12(16)10-6-9(21(14,18)19)7-11(13)8(10)2/h6-7H,3-5H2,1-2H3,(H,15,16)(H2,14,18,19). The summed E-state index contributed by atoms with van der Waals surface area (Å²) in [6, 6.07) is 2.59. The maximum atomic E-state index is 12.1. The van der Waals surface area contributed by atoms with E-state index in [1.165, 1.54) is 12.1 Å². The van der Waals surface area contributed by atoms with Gasteiger partial charge < -0.3 is 5.32 Å². The Morgan fingerprint density at radius 3 is 2.57 bits per heavy atom. The van der Waals surface area contributed by atoms with Crippen LogP contribution in [0.5, 0.6) is 0 Å². The number of benzene rings is 1. The maximum absolute atomic E-state index is 12.1. The summed E-state index contributed by atoms with van der Waals surface area (Å²) >= 11 is 3.21. The lowest BCUT2D eigenvalue weighted by Gasteiger charge is -2.11. The molecule has 0 spiro atoms. The minimum Gasteiger partial charge on any atom is -0.351 e. The first-order chi connectivity index (χ1) is 9.66. The third-order valence-corrected chi connectivity index (χ3v) is 5.85. The SMILES string of the molecule is CCS(=O)CCNC(=O)c1cc(S(N)(=O)=O)cc(Br)c1C. The van der Waals surface area contributed by atoms with Crippen molar-refractivity contribution in [1.82, 2.24) is 5.32 Å². The third-order valence-electron chi connectivity index (χ3n) is 2.83. The number of hydrogen-bond donors (Lipinski definition) is 2. The Morgan fingerprint density at radius 2 is 2.05 bits per heavy atom. The number of amides is 1. The van der Waals surface area contributed by atoms with E-state index in [-0.39, 0.29) is 17.0 Å². The van der Waals surface area contributed by atoms with Crippen molar-refractivity contribution in [3.8, 4) is 0 Å². The highest BCUT2D eigenvalue weighted by Crippen LogP contribution is 2.24. The van der Waals surface area contributed by atoms with Gasteiger partial charge in [0.25, 0.3) is 5.91 Å². The molecule has 0 aromatic heterocycles. The number of carbonyl (C=O) groups excluding carboxylic acids is 1. The lowest BCUT2D eigenvalue weighted by Crippen LogP contribution is -2.29. The average molecular weight is 397 g/mol. The molecule has 0 radical (unpaired) electrons. The summed E-state index contributed by atoms with van der Waals surface area (Å²) in [6.07, 6.45) is 0. The molecule has 1 atom stereocenters. The molecule has 1 aromatic carbocycles. The van der Waals surface area contributed by atoms with Gasteiger partial charge >= 0.3 is 0 Å². The van der Waals surface area contributed by atoms with Crippen molar-refractivity contribution in [2.45, 2.75) is 18.7 Å². The molecule has 3 N–H and O–H groups in total. The van der Waals surface area contributed by atoms with E-state index in [4.69, 9.17) is 5.14 Å². The fraction of sp³-hybridized carbons (Fsp3) is 0.417. The highest BCUT2D eigenvalue weighted by Gasteiger charge is 2.17. The molecular weight excluding hydrogens is 380 g/mol. The second-order valence-electron chi connectivity index (χ2n) is 4.31. The van der Waals surface area contributed by atoms with Crippen LogP contribution < -0.4 is 10.5 Å². The van der Waals surface area contributed by atoms with Gasteiger partial charge in [-0.1, -0.05) is 22.9 Å². The Morgan fingerprint density at radius 1 is 1.43 bits per heavy atom. The van der Waals surface area contributed by atoms with Crippen LogP contribution in [0.15, 0.2) is 21.5 Å². The number of nitrogens with one attached hydrogen (secondary N) is 1. The molecule has 1 amide bonds. The molecule has 9 heteroatoms. The smallest absolute Gasteiger partial charge is 0.251 e. The van der Waals surface area contributed by atoms with Crippen LogP contribution in [-0.2, 0) is 20.8 Å². The Kier molecular flexibility index (Phi) is 6.51. The van der Waals surface area contributed by atoms with Crippen molar-refractivity contribution in [2.75, 3.05) is 18.1 Å². The number of hydrogen-bond acceptors (Lipinski definition) is 4. The molecule has 0 aliphatic rings. The first-order valence-electron chi connectivity index (χ1n) is 6.13. The van der Waals surface area contributed by atoms with Gasteiger partial charge in [0.1, 0.15) is 0 Å². The van der Waals surface area contributed by atoms with Gasteiger partial charge in [0.15, 0.2) is 0 Å². The highest BCUT2D eigenvalue weighted by atomic mass is 79.9. The Balaban J connectivity index is 2.99. The molecule has 1 rings (SSSR count). The van der Waals surface area contributed by atoms with E-state index in [9.17, 15) is 17.4 Å². The Bertz CT molecular complexity index is 674. The molecular formula is C12H17BrN2O4S2. The van der Waals surface area contributed by atoms with Crippen molar-refractivity contribution >= 4 is 42.7 Å². The van der Waals surface area contributed by atoms with Crippen LogP contribution in [0.3, 0.4) is 0 Å². The van der Waals surface area contributed by atoms with Crippen molar-refractivity contribution in [3.63, 3.8) is 0 Å². The van der Waals surface area contributed by atoms with Crippen LogP contribution in [0.1, 0.15) is 22.8 Å². The zero-order chi connectivity index (χ0) is 16.2. The predicted molar refractivity (Wildman–Crippen MR) is 86.1 cm³/mol. The summed E-state index contributed by atoms with van der Waals surface area (Å²) in [6.45, 7) is 3.75. The third kappa shape index (κ3) is 5.17.